The molecular weight excluding hydrogens is 417 g/mol. The SMILES string of the molecule is Cn1ncc2c(C(=O)NCCCc3ccccc3)cc(-c3cccc(C(F)(F)F)c3)nc21. The molecule has 0 bridgehead atoms. The van der Waals surface area contributed by atoms with E-state index in [2.05, 4.69) is 15.4 Å². The number of carbonyl (C=O) groups is 1. The Morgan fingerprint density at radius 1 is 1.06 bits per heavy atom. The summed E-state index contributed by atoms with van der Waals surface area (Å²) < 4.78 is 41.0. The zero-order valence-corrected chi connectivity index (χ0v) is 17.4. The molecule has 0 saturated heterocycles. The molecule has 8 heteroatoms. The molecule has 1 amide bonds. The second-order valence-corrected chi connectivity index (χ2v) is 7.48. The van der Waals surface area contributed by atoms with Crippen molar-refractivity contribution in [2.75, 3.05) is 6.54 Å². The summed E-state index contributed by atoms with van der Waals surface area (Å²) in [4.78, 5) is 17.4. The molecule has 2 aromatic carbocycles. The lowest BCUT2D eigenvalue weighted by Gasteiger charge is -2.11. The molecule has 0 fully saturated rings. The minimum Gasteiger partial charge on any atom is -0.352 e. The van der Waals surface area contributed by atoms with Gasteiger partial charge in [0.2, 0.25) is 0 Å². The van der Waals surface area contributed by atoms with Crippen molar-refractivity contribution >= 4 is 16.9 Å². The molecule has 0 atom stereocenters. The summed E-state index contributed by atoms with van der Waals surface area (Å²) in [7, 11) is 1.67. The van der Waals surface area contributed by atoms with Crippen molar-refractivity contribution in [3.63, 3.8) is 0 Å². The number of alkyl halides is 3. The third-order valence-electron chi connectivity index (χ3n) is 5.21. The molecule has 2 heterocycles. The van der Waals surface area contributed by atoms with Crippen molar-refractivity contribution in [1.82, 2.24) is 20.1 Å². The van der Waals surface area contributed by atoms with Crippen LogP contribution in [-0.2, 0) is 19.6 Å². The Morgan fingerprint density at radius 3 is 2.59 bits per heavy atom. The van der Waals surface area contributed by atoms with E-state index in [9.17, 15) is 18.0 Å². The Kier molecular flexibility index (Phi) is 5.94. The number of aromatic nitrogens is 3. The van der Waals surface area contributed by atoms with Crippen LogP contribution in [0.3, 0.4) is 0 Å². The lowest BCUT2D eigenvalue weighted by atomic mass is 10.0. The maximum atomic E-state index is 13.2. The van der Waals surface area contributed by atoms with E-state index in [0.717, 1.165) is 25.0 Å². The quantitative estimate of drug-likeness (QED) is 0.430. The van der Waals surface area contributed by atoms with Gasteiger partial charge >= 0.3 is 6.18 Å². The van der Waals surface area contributed by atoms with Crippen LogP contribution in [-0.4, -0.2) is 27.2 Å². The molecule has 4 aromatic rings. The first-order valence-corrected chi connectivity index (χ1v) is 10.2. The van der Waals surface area contributed by atoms with E-state index in [4.69, 9.17) is 0 Å². The summed E-state index contributed by atoms with van der Waals surface area (Å²) in [5, 5.41) is 7.61. The van der Waals surface area contributed by atoms with Gasteiger partial charge in [-0.2, -0.15) is 18.3 Å². The van der Waals surface area contributed by atoms with E-state index >= 15 is 0 Å². The topological polar surface area (TPSA) is 59.8 Å². The molecule has 0 unspecified atom stereocenters. The Labute approximate surface area is 182 Å². The number of nitrogens with one attached hydrogen (secondary N) is 1. The number of nitrogens with zero attached hydrogens (tertiary/aromatic N) is 3. The Balaban J connectivity index is 1.59. The van der Waals surface area contributed by atoms with Crippen LogP contribution in [0, 0.1) is 0 Å². The van der Waals surface area contributed by atoms with Gasteiger partial charge in [-0.1, -0.05) is 42.5 Å². The fraction of sp³-hybridized carbons (Fsp3) is 0.208. The predicted octanol–water partition coefficient (Wildman–Crippen LogP) is 5.02. The number of aryl methyl sites for hydroxylation is 2. The van der Waals surface area contributed by atoms with Gasteiger partial charge in [-0.25, -0.2) is 4.98 Å². The number of hydrogen-bond acceptors (Lipinski definition) is 3. The molecule has 0 aliphatic rings. The normalized spacial score (nSPS) is 11.6. The van der Waals surface area contributed by atoms with Crippen molar-refractivity contribution in [1.29, 1.82) is 0 Å². The fourth-order valence-corrected chi connectivity index (χ4v) is 3.54. The summed E-state index contributed by atoms with van der Waals surface area (Å²) in [6.07, 6.45) is -1.34. The molecular formula is C24H21F3N4O. The third-order valence-corrected chi connectivity index (χ3v) is 5.21. The molecule has 32 heavy (non-hydrogen) atoms. The minimum atomic E-state index is -4.47. The van der Waals surface area contributed by atoms with Crippen molar-refractivity contribution in [2.45, 2.75) is 19.0 Å². The van der Waals surface area contributed by atoms with Crippen LogP contribution in [0.5, 0.6) is 0 Å². The van der Waals surface area contributed by atoms with E-state index in [1.807, 2.05) is 30.3 Å². The molecule has 0 radical (unpaired) electrons. The van der Waals surface area contributed by atoms with Crippen molar-refractivity contribution in [3.8, 4) is 11.3 Å². The van der Waals surface area contributed by atoms with Gasteiger partial charge in [0.25, 0.3) is 5.91 Å². The van der Waals surface area contributed by atoms with Gasteiger partial charge in [0.1, 0.15) is 0 Å². The number of pyridine rings is 1. The van der Waals surface area contributed by atoms with Gasteiger partial charge in [0, 0.05) is 19.2 Å². The summed E-state index contributed by atoms with van der Waals surface area (Å²) in [5.74, 6) is -0.313. The predicted molar refractivity (Wildman–Crippen MR) is 116 cm³/mol. The number of fused-ring (bicyclic) bond motifs is 1. The molecule has 0 aliphatic heterocycles. The lowest BCUT2D eigenvalue weighted by molar-refractivity contribution is -0.137. The van der Waals surface area contributed by atoms with Gasteiger partial charge in [0.05, 0.1) is 28.4 Å². The van der Waals surface area contributed by atoms with Gasteiger partial charge in [-0.3, -0.25) is 9.48 Å². The second kappa shape index (κ2) is 8.82. The number of rotatable bonds is 6. The van der Waals surface area contributed by atoms with Crippen LogP contribution in [0.4, 0.5) is 13.2 Å². The van der Waals surface area contributed by atoms with E-state index in [0.29, 0.717) is 23.1 Å². The molecule has 164 valence electrons. The first-order valence-electron chi connectivity index (χ1n) is 10.2. The Morgan fingerprint density at radius 2 is 1.84 bits per heavy atom. The summed E-state index contributed by atoms with van der Waals surface area (Å²) in [6, 6.07) is 16.4. The Hall–Kier alpha value is -3.68. The van der Waals surface area contributed by atoms with Crippen LogP contribution in [0.15, 0.2) is 66.9 Å². The van der Waals surface area contributed by atoms with Crippen LogP contribution >= 0.6 is 0 Å². The first-order chi connectivity index (χ1) is 15.3. The molecule has 1 N–H and O–H groups in total. The molecule has 0 aliphatic carbocycles. The standard InChI is InChI=1S/C24H21F3N4O/c1-31-22-20(15-29-31)19(23(32)28-12-6-9-16-7-3-2-4-8-16)14-21(30-22)17-10-5-11-18(13-17)24(25,26)27/h2-5,7-8,10-11,13-15H,6,9,12H2,1H3,(H,28,32). The Bertz CT molecular complexity index is 1250. The van der Waals surface area contributed by atoms with E-state index in [1.165, 1.54) is 28.6 Å². The van der Waals surface area contributed by atoms with E-state index in [1.54, 1.807) is 13.1 Å². The fourth-order valence-electron chi connectivity index (χ4n) is 3.54. The number of halogens is 3. The minimum absolute atomic E-state index is 0.279. The average molecular weight is 438 g/mol. The van der Waals surface area contributed by atoms with Crippen molar-refractivity contribution in [2.24, 2.45) is 7.05 Å². The molecule has 4 rings (SSSR count). The highest BCUT2D eigenvalue weighted by atomic mass is 19.4. The molecule has 0 saturated carbocycles. The van der Waals surface area contributed by atoms with Crippen LogP contribution < -0.4 is 5.32 Å². The maximum Gasteiger partial charge on any atom is 0.416 e. The summed E-state index contributed by atoms with van der Waals surface area (Å²) in [5.41, 5.74) is 1.73. The summed E-state index contributed by atoms with van der Waals surface area (Å²) >= 11 is 0. The van der Waals surface area contributed by atoms with Crippen LogP contribution in [0.25, 0.3) is 22.3 Å². The van der Waals surface area contributed by atoms with Gasteiger partial charge in [0.15, 0.2) is 5.65 Å². The number of carbonyl (C=O) groups excluding carboxylic acids is 1. The third kappa shape index (κ3) is 4.64. The zero-order valence-electron chi connectivity index (χ0n) is 17.4. The van der Waals surface area contributed by atoms with Gasteiger partial charge in [-0.05, 0) is 36.6 Å². The number of benzene rings is 2. The highest BCUT2D eigenvalue weighted by molar-refractivity contribution is 6.06. The maximum absolute atomic E-state index is 13.2. The highest BCUT2D eigenvalue weighted by Crippen LogP contribution is 2.32. The molecule has 0 spiro atoms. The monoisotopic (exact) mass is 438 g/mol. The second-order valence-electron chi connectivity index (χ2n) is 7.48. The highest BCUT2D eigenvalue weighted by Gasteiger charge is 2.30. The lowest BCUT2D eigenvalue weighted by Crippen LogP contribution is -2.25. The van der Waals surface area contributed by atoms with Crippen molar-refractivity contribution in [3.05, 3.63) is 83.6 Å². The smallest absolute Gasteiger partial charge is 0.352 e. The molecule has 5 nitrogen and oxygen atoms in total. The van der Waals surface area contributed by atoms with E-state index < -0.39 is 11.7 Å². The van der Waals surface area contributed by atoms with Gasteiger partial charge < -0.3 is 5.32 Å². The number of hydrogen-bond donors (Lipinski definition) is 1. The summed E-state index contributed by atoms with van der Waals surface area (Å²) in [6.45, 7) is 0.469. The zero-order chi connectivity index (χ0) is 22.7. The number of amides is 1. The van der Waals surface area contributed by atoms with E-state index in [-0.39, 0.29) is 17.2 Å². The van der Waals surface area contributed by atoms with Crippen LogP contribution in [0.1, 0.15) is 27.9 Å². The average Bonchev–Trinajstić information content (AvgIpc) is 3.17. The van der Waals surface area contributed by atoms with Crippen LogP contribution in [0.2, 0.25) is 0 Å². The first kappa shape index (κ1) is 21.5. The van der Waals surface area contributed by atoms with Gasteiger partial charge in [-0.15, -0.1) is 0 Å². The largest absolute Gasteiger partial charge is 0.416 e. The molecule has 2 aromatic heterocycles. The van der Waals surface area contributed by atoms with Crippen molar-refractivity contribution < 1.29 is 18.0 Å².